The van der Waals surface area contributed by atoms with Crippen LogP contribution in [0.25, 0.3) is 0 Å². The largest absolute Gasteiger partial charge is 0.494 e. The molecular weight excluding hydrogens is 246 g/mol. The maximum absolute atomic E-state index is 11.1. The van der Waals surface area contributed by atoms with Crippen molar-refractivity contribution >= 4 is 17.6 Å². The maximum Gasteiger partial charge on any atom is 0.130 e. The molecule has 0 aliphatic heterocycles. The smallest absolute Gasteiger partial charge is 0.130 e. The zero-order chi connectivity index (χ0) is 12.8. The van der Waals surface area contributed by atoms with Crippen molar-refractivity contribution in [2.75, 3.05) is 6.61 Å². The molecule has 4 heteroatoms. The Morgan fingerprint density at radius 1 is 1.39 bits per heavy atom. The molecule has 1 aromatic heterocycles. The van der Waals surface area contributed by atoms with Gasteiger partial charge in [0.05, 0.1) is 12.5 Å². The Morgan fingerprint density at radius 2 is 2.17 bits per heavy atom. The SMILES string of the molecule is CCOc1ccc(CC(C=O)c2nccs2)cc1. The highest BCUT2D eigenvalue weighted by molar-refractivity contribution is 7.09. The first kappa shape index (κ1) is 12.8. The zero-order valence-electron chi connectivity index (χ0n) is 10.2. The molecule has 3 nitrogen and oxygen atoms in total. The van der Waals surface area contributed by atoms with Crippen LogP contribution in [0, 0.1) is 0 Å². The molecule has 0 spiro atoms. The van der Waals surface area contributed by atoms with Crippen molar-refractivity contribution in [3.63, 3.8) is 0 Å². The fourth-order valence-corrected chi connectivity index (χ4v) is 2.45. The van der Waals surface area contributed by atoms with E-state index in [1.807, 2.05) is 36.6 Å². The lowest BCUT2D eigenvalue weighted by atomic mass is 10.0. The van der Waals surface area contributed by atoms with E-state index in [1.165, 1.54) is 11.3 Å². The van der Waals surface area contributed by atoms with Gasteiger partial charge in [-0.25, -0.2) is 4.98 Å². The lowest BCUT2D eigenvalue weighted by Crippen LogP contribution is -2.04. The number of nitrogens with zero attached hydrogens (tertiary/aromatic N) is 1. The van der Waals surface area contributed by atoms with E-state index in [0.717, 1.165) is 22.6 Å². The normalized spacial score (nSPS) is 12.1. The van der Waals surface area contributed by atoms with Crippen LogP contribution < -0.4 is 4.74 Å². The highest BCUT2D eigenvalue weighted by atomic mass is 32.1. The first-order valence-electron chi connectivity index (χ1n) is 5.90. The number of rotatable bonds is 6. The van der Waals surface area contributed by atoms with Gasteiger partial charge in [0, 0.05) is 11.6 Å². The standard InChI is InChI=1S/C14H15NO2S/c1-2-17-13-5-3-11(4-6-13)9-12(10-16)14-15-7-8-18-14/h3-8,10,12H,2,9H2,1H3. The molecular formula is C14H15NO2S. The van der Waals surface area contributed by atoms with E-state index in [0.29, 0.717) is 13.0 Å². The molecule has 0 radical (unpaired) electrons. The van der Waals surface area contributed by atoms with Gasteiger partial charge >= 0.3 is 0 Å². The molecule has 0 saturated heterocycles. The molecule has 1 heterocycles. The number of carbonyl (C=O) groups excluding carboxylic acids is 1. The molecule has 0 bridgehead atoms. The first-order valence-corrected chi connectivity index (χ1v) is 6.78. The van der Waals surface area contributed by atoms with Crippen LogP contribution >= 0.6 is 11.3 Å². The number of hydrogen-bond acceptors (Lipinski definition) is 4. The fraction of sp³-hybridized carbons (Fsp3) is 0.286. The molecule has 2 aromatic rings. The van der Waals surface area contributed by atoms with Crippen LogP contribution in [0.2, 0.25) is 0 Å². The monoisotopic (exact) mass is 261 g/mol. The average Bonchev–Trinajstić information content (AvgIpc) is 2.92. The number of benzene rings is 1. The number of carbonyl (C=O) groups is 1. The van der Waals surface area contributed by atoms with Crippen LogP contribution in [-0.4, -0.2) is 17.9 Å². The summed E-state index contributed by atoms with van der Waals surface area (Å²) in [4.78, 5) is 15.3. The summed E-state index contributed by atoms with van der Waals surface area (Å²) in [7, 11) is 0. The molecule has 0 aliphatic rings. The van der Waals surface area contributed by atoms with E-state index in [-0.39, 0.29) is 5.92 Å². The second kappa shape index (κ2) is 6.31. The number of ether oxygens (including phenoxy) is 1. The molecule has 1 unspecified atom stereocenters. The van der Waals surface area contributed by atoms with E-state index in [1.54, 1.807) is 6.20 Å². The van der Waals surface area contributed by atoms with E-state index >= 15 is 0 Å². The molecule has 2 rings (SSSR count). The van der Waals surface area contributed by atoms with Crippen molar-refractivity contribution in [3.8, 4) is 5.75 Å². The zero-order valence-corrected chi connectivity index (χ0v) is 11.0. The average molecular weight is 261 g/mol. The van der Waals surface area contributed by atoms with Crippen LogP contribution in [0.1, 0.15) is 23.4 Å². The molecule has 1 atom stereocenters. The molecule has 0 saturated carbocycles. The van der Waals surface area contributed by atoms with Gasteiger partial charge in [0.15, 0.2) is 0 Å². The van der Waals surface area contributed by atoms with Crippen LogP contribution in [0.4, 0.5) is 0 Å². The molecule has 18 heavy (non-hydrogen) atoms. The van der Waals surface area contributed by atoms with Crippen molar-refractivity contribution in [2.45, 2.75) is 19.3 Å². The van der Waals surface area contributed by atoms with E-state index in [2.05, 4.69) is 4.98 Å². The van der Waals surface area contributed by atoms with Gasteiger partial charge in [-0.2, -0.15) is 0 Å². The Morgan fingerprint density at radius 3 is 2.72 bits per heavy atom. The Hall–Kier alpha value is -1.68. The summed E-state index contributed by atoms with van der Waals surface area (Å²) >= 11 is 1.52. The van der Waals surface area contributed by atoms with Crippen LogP contribution in [0.3, 0.4) is 0 Å². The summed E-state index contributed by atoms with van der Waals surface area (Å²) in [5.74, 6) is 0.709. The fourth-order valence-electron chi connectivity index (χ4n) is 1.75. The summed E-state index contributed by atoms with van der Waals surface area (Å²) in [6.45, 7) is 2.62. The lowest BCUT2D eigenvalue weighted by Gasteiger charge is -2.08. The minimum Gasteiger partial charge on any atom is -0.494 e. The third kappa shape index (κ3) is 3.17. The second-order valence-corrected chi connectivity index (χ2v) is 4.82. The van der Waals surface area contributed by atoms with Gasteiger partial charge in [0.2, 0.25) is 0 Å². The summed E-state index contributed by atoms with van der Waals surface area (Å²) in [5, 5.41) is 2.77. The summed E-state index contributed by atoms with van der Waals surface area (Å²) in [6.07, 6.45) is 3.38. The number of hydrogen-bond donors (Lipinski definition) is 0. The first-order chi connectivity index (χ1) is 8.83. The highest BCUT2D eigenvalue weighted by Gasteiger charge is 2.13. The predicted octanol–water partition coefficient (Wildman–Crippen LogP) is 3.07. The Bertz CT molecular complexity index is 479. The van der Waals surface area contributed by atoms with E-state index in [4.69, 9.17) is 4.74 Å². The second-order valence-electron chi connectivity index (χ2n) is 3.89. The van der Waals surface area contributed by atoms with Gasteiger partial charge < -0.3 is 9.53 Å². The summed E-state index contributed by atoms with van der Waals surface area (Å²) < 4.78 is 5.38. The third-order valence-electron chi connectivity index (χ3n) is 2.62. The number of aromatic nitrogens is 1. The van der Waals surface area contributed by atoms with Gasteiger partial charge in [-0.3, -0.25) is 0 Å². The van der Waals surface area contributed by atoms with Gasteiger partial charge in [-0.05, 0) is 31.0 Å². The van der Waals surface area contributed by atoms with Gasteiger partial charge in [-0.15, -0.1) is 11.3 Å². The van der Waals surface area contributed by atoms with Crippen LogP contribution in [-0.2, 0) is 11.2 Å². The van der Waals surface area contributed by atoms with Gasteiger partial charge in [0.25, 0.3) is 0 Å². The summed E-state index contributed by atoms with van der Waals surface area (Å²) in [6, 6.07) is 7.86. The van der Waals surface area contributed by atoms with Gasteiger partial charge in [-0.1, -0.05) is 12.1 Å². The van der Waals surface area contributed by atoms with E-state index in [9.17, 15) is 4.79 Å². The Balaban J connectivity index is 2.05. The quantitative estimate of drug-likeness (QED) is 0.750. The number of thiazole rings is 1. The summed E-state index contributed by atoms with van der Waals surface area (Å²) in [5.41, 5.74) is 1.12. The van der Waals surface area contributed by atoms with Crippen molar-refractivity contribution < 1.29 is 9.53 Å². The molecule has 1 aromatic carbocycles. The van der Waals surface area contributed by atoms with Crippen LogP contribution in [0.15, 0.2) is 35.8 Å². The Kier molecular flexibility index (Phi) is 4.47. The highest BCUT2D eigenvalue weighted by Crippen LogP contribution is 2.22. The molecule has 0 aliphatic carbocycles. The third-order valence-corrected chi connectivity index (χ3v) is 3.53. The van der Waals surface area contributed by atoms with Gasteiger partial charge in [0.1, 0.15) is 17.0 Å². The molecule has 0 N–H and O–H groups in total. The molecule has 0 amide bonds. The maximum atomic E-state index is 11.1. The van der Waals surface area contributed by atoms with Crippen molar-refractivity contribution in [3.05, 3.63) is 46.4 Å². The topological polar surface area (TPSA) is 39.2 Å². The van der Waals surface area contributed by atoms with E-state index < -0.39 is 0 Å². The molecule has 0 fully saturated rings. The molecule has 94 valence electrons. The minimum atomic E-state index is -0.150. The minimum absolute atomic E-state index is 0.150. The predicted molar refractivity (Wildman–Crippen MR) is 72.2 cm³/mol. The lowest BCUT2D eigenvalue weighted by molar-refractivity contribution is -0.109. The van der Waals surface area contributed by atoms with Crippen molar-refractivity contribution in [1.82, 2.24) is 4.98 Å². The van der Waals surface area contributed by atoms with Crippen molar-refractivity contribution in [1.29, 1.82) is 0 Å². The Labute approximate surface area is 110 Å². The number of aldehydes is 1. The van der Waals surface area contributed by atoms with Crippen molar-refractivity contribution in [2.24, 2.45) is 0 Å². The van der Waals surface area contributed by atoms with Crippen LogP contribution in [0.5, 0.6) is 5.75 Å².